The number of carbonyl (C=O) groups is 1. The summed E-state index contributed by atoms with van der Waals surface area (Å²) < 4.78 is 0.855. The van der Waals surface area contributed by atoms with E-state index in [0.717, 1.165) is 9.13 Å². The van der Waals surface area contributed by atoms with Crippen molar-refractivity contribution in [2.45, 2.75) is 6.92 Å². The summed E-state index contributed by atoms with van der Waals surface area (Å²) in [7, 11) is 0. The average molecular weight is 320 g/mol. The molecule has 0 spiro atoms. The Morgan fingerprint density at radius 3 is 2.79 bits per heavy atom. The van der Waals surface area contributed by atoms with Crippen molar-refractivity contribution in [1.82, 2.24) is 0 Å². The maximum atomic E-state index is 11.4. The summed E-state index contributed by atoms with van der Waals surface area (Å²) in [5.41, 5.74) is 1.92. The molecule has 1 aromatic rings. The molecule has 0 fully saturated rings. The molecule has 0 radical (unpaired) electrons. The van der Waals surface area contributed by atoms with Crippen molar-refractivity contribution < 1.29 is 4.79 Å². The Hall–Kier alpha value is -0.600. The van der Waals surface area contributed by atoms with Crippen LogP contribution in [-0.4, -0.2) is 11.7 Å². The van der Waals surface area contributed by atoms with E-state index in [1.54, 1.807) is 6.07 Å². The van der Waals surface area contributed by atoms with Crippen molar-refractivity contribution >= 4 is 40.0 Å². The van der Waals surface area contributed by atoms with Gasteiger partial charge in [-0.1, -0.05) is 0 Å². The van der Waals surface area contributed by atoms with Gasteiger partial charge in [0, 0.05) is 9.13 Å². The van der Waals surface area contributed by atoms with Gasteiger partial charge in [-0.05, 0) is 47.2 Å². The molecule has 0 atom stereocenters. The van der Waals surface area contributed by atoms with Crippen LogP contribution in [0.15, 0.2) is 12.1 Å². The molecule has 1 rings (SSSR count). The number of Topliss-reactive ketones (excluding diaryl/α,β-unsaturated/α-hetero) is 1. The predicted octanol–water partition coefficient (Wildman–Crippen LogP) is 2.89. The number of hydrogen-bond donors (Lipinski definition) is 0. The fraction of sp³-hybridized carbons (Fsp3) is 0.200. The van der Waals surface area contributed by atoms with Crippen molar-refractivity contribution in [3.05, 3.63) is 32.4 Å². The molecule has 2 nitrogen and oxygen atoms in total. The zero-order valence-electron chi connectivity index (χ0n) is 7.47. The zero-order chi connectivity index (χ0) is 10.7. The van der Waals surface area contributed by atoms with Gasteiger partial charge in [0.05, 0.1) is 11.4 Å². The third kappa shape index (κ3) is 2.25. The number of aryl methyl sites for hydroxylation is 1. The van der Waals surface area contributed by atoms with Gasteiger partial charge in [0.1, 0.15) is 6.07 Å². The molecule has 0 unspecified atom stereocenters. The van der Waals surface area contributed by atoms with E-state index in [1.807, 2.05) is 19.1 Å². The molecule has 1 aromatic carbocycles. The van der Waals surface area contributed by atoms with Gasteiger partial charge in [-0.2, -0.15) is 5.26 Å². The number of alkyl halides is 1. The van der Waals surface area contributed by atoms with Crippen LogP contribution in [0.25, 0.3) is 0 Å². The predicted molar refractivity (Wildman–Crippen MR) is 63.7 cm³/mol. The van der Waals surface area contributed by atoms with E-state index in [1.165, 1.54) is 0 Å². The van der Waals surface area contributed by atoms with E-state index < -0.39 is 0 Å². The third-order valence-corrected chi connectivity index (χ3v) is 2.99. The monoisotopic (exact) mass is 319 g/mol. The van der Waals surface area contributed by atoms with E-state index in [-0.39, 0.29) is 11.7 Å². The highest BCUT2D eigenvalue weighted by Crippen LogP contribution is 2.18. The largest absolute Gasteiger partial charge is 0.293 e. The van der Waals surface area contributed by atoms with Gasteiger partial charge in [0.25, 0.3) is 0 Å². The summed E-state index contributed by atoms with van der Waals surface area (Å²) in [5, 5.41) is 8.79. The first-order chi connectivity index (χ1) is 6.60. The van der Waals surface area contributed by atoms with Crippen molar-refractivity contribution in [2.75, 3.05) is 5.88 Å². The van der Waals surface area contributed by atoms with Gasteiger partial charge in [-0.25, -0.2) is 0 Å². The minimum Gasteiger partial charge on any atom is -0.293 e. The number of ketones is 1. The molecule has 0 saturated carbocycles. The highest BCUT2D eigenvalue weighted by Gasteiger charge is 2.11. The van der Waals surface area contributed by atoms with Crippen molar-refractivity contribution in [2.24, 2.45) is 0 Å². The molecular weight excluding hydrogens is 312 g/mol. The lowest BCUT2D eigenvalue weighted by Gasteiger charge is -2.04. The number of carbonyl (C=O) groups excluding carboxylic acids is 1. The molecule has 0 heterocycles. The maximum absolute atomic E-state index is 11.4. The number of hydrogen-bond acceptors (Lipinski definition) is 2. The van der Waals surface area contributed by atoms with E-state index in [2.05, 4.69) is 22.6 Å². The Morgan fingerprint density at radius 1 is 1.64 bits per heavy atom. The zero-order valence-corrected chi connectivity index (χ0v) is 10.4. The minimum atomic E-state index is -0.142. The maximum Gasteiger partial charge on any atom is 0.177 e. The number of rotatable bonds is 2. The van der Waals surface area contributed by atoms with Gasteiger partial charge < -0.3 is 0 Å². The van der Waals surface area contributed by atoms with E-state index in [4.69, 9.17) is 16.9 Å². The first-order valence-electron chi connectivity index (χ1n) is 3.89. The molecule has 4 heteroatoms. The third-order valence-electron chi connectivity index (χ3n) is 1.86. The molecular formula is C10H7ClINO. The second kappa shape index (κ2) is 4.76. The van der Waals surface area contributed by atoms with Crippen molar-refractivity contribution in [3.63, 3.8) is 0 Å². The minimum absolute atomic E-state index is 0.0493. The lowest BCUT2D eigenvalue weighted by atomic mass is 10.0. The Morgan fingerprint density at radius 2 is 2.29 bits per heavy atom. The highest BCUT2D eigenvalue weighted by atomic mass is 127. The quantitative estimate of drug-likeness (QED) is 0.478. The molecule has 0 bridgehead atoms. The Bertz CT molecular complexity index is 423. The number of nitrogens with zero attached hydrogens (tertiary/aromatic N) is 1. The summed E-state index contributed by atoms with van der Waals surface area (Å²) in [6, 6.07) is 5.46. The lowest BCUT2D eigenvalue weighted by molar-refractivity contribution is 0.102. The highest BCUT2D eigenvalue weighted by molar-refractivity contribution is 14.1. The Labute approximate surface area is 101 Å². The van der Waals surface area contributed by atoms with Crippen LogP contribution in [0.3, 0.4) is 0 Å². The standard InChI is InChI=1S/C10H7ClINO/c1-6-2-9(12)7(5-13)3-8(6)10(14)4-11/h2-3H,4H2,1H3. The fourth-order valence-electron chi connectivity index (χ4n) is 1.13. The molecule has 0 aromatic heterocycles. The topological polar surface area (TPSA) is 40.9 Å². The number of nitriles is 1. The molecule has 0 aliphatic carbocycles. The van der Waals surface area contributed by atoms with Gasteiger partial charge in [-0.15, -0.1) is 11.6 Å². The first-order valence-corrected chi connectivity index (χ1v) is 5.51. The van der Waals surface area contributed by atoms with Crippen LogP contribution >= 0.6 is 34.2 Å². The Kier molecular flexibility index (Phi) is 3.90. The van der Waals surface area contributed by atoms with Crippen molar-refractivity contribution in [1.29, 1.82) is 5.26 Å². The van der Waals surface area contributed by atoms with E-state index in [9.17, 15) is 4.79 Å². The molecule has 0 saturated heterocycles. The van der Waals surface area contributed by atoms with Crippen molar-refractivity contribution in [3.8, 4) is 6.07 Å². The smallest absolute Gasteiger partial charge is 0.177 e. The van der Waals surface area contributed by atoms with Crippen LogP contribution in [0.2, 0.25) is 0 Å². The number of benzene rings is 1. The molecule has 72 valence electrons. The van der Waals surface area contributed by atoms with Crippen LogP contribution < -0.4 is 0 Å². The van der Waals surface area contributed by atoms with Crippen LogP contribution in [0.4, 0.5) is 0 Å². The summed E-state index contributed by atoms with van der Waals surface area (Å²) in [4.78, 5) is 11.4. The lowest BCUT2D eigenvalue weighted by Crippen LogP contribution is -2.04. The summed E-state index contributed by atoms with van der Waals surface area (Å²) in [5.74, 6) is -0.191. The van der Waals surface area contributed by atoms with E-state index in [0.29, 0.717) is 11.1 Å². The van der Waals surface area contributed by atoms with E-state index >= 15 is 0 Å². The molecule has 0 amide bonds. The summed E-state index contributed by atoms with van der Waals surface area (Å²) in [6.07, 6.45) is 0. The van der Waals surface area contributed by atoms with Gasteiger partial charge in [-0.3, -0.25) is 4.79 Å². The van der Waals surface area contributed by atoms with Crippen LogP contribution in [0, 0.1) is 21.8 Å². The average Bonchev–Trinajstić information content (AvgIpc) is 2.17. The van der Waals surface area contributed by atoms with Gasteiger partial charge in [0.2, 0.25) is 0 Å². The SMILES string of the molecule is Cc1cc(I)c(C#N)cc1C(=O)CCl. The molecule has 0 N–H and O–H groups in total. The fourth-order valence-corrected chi connectivity index (χ4v) is 2.02. The molecule has 0 aliphatic heterocycles. The second-order valence-corrected chi connectivity index (χ2v) is 4.25. The second-order valence-electron chi connectivity index (χ2n) is 2.82. The molecule has 14 heavy (non-hydrogen) atoms. The Balaban J connectivity index is 3.33. The first kappa shape index (κ1) is 11.5. The van der Waals surface area contributed by atoms with Crippen LogP contribution in [0.5, 0.6) is 0 Å². The van der Waals surface area contributed by atoms with Gasteiger partial charge in [0.15, 0.2) is 5.78 Å². The van der Waals surface area contributed by atoms with Crippen LogP contribution in [-0.2, 0) is 0 Å². The summed E-state index contributed by atoms with van der Waals surface area (Å²) in [6.45, 7) is 1.84. The van der Waals surface area contributed by atoms with Crippen LogP contribution in [0.1, 0.15) is 21.5 Å². The van der Waals surface area contributed by atoms with Gasteiger partial charge >= 0.3 is 0 Å². The number of halogens is 2. The summed E-state index contributed by atoms with van der Waals surface area (Å²) >= 11 is 7.53. The normalized spacial score (nSPS) is 9.57. The molecule has 0 aliphatic rings.